The number of methoxy groups -OCH3 is 3. The summed E-state index contributed by atoms with van der Waals surface area (Å²) in [6.07, 6.45) is 3.85. The highest BCUT2D eigenvalue weighted by Crippen LogP contribution is 2.36. The minimum Gasteiger partial charge on any atom is -0.494 e. The number of ether oxygens (including phenoxy) is 3. The summed E-state index contributed by atoms with van der Waals surface area (Å²) in [5.74, 6) is 1.25. The third kappa shape index (κ3) is 5.15. The van der Waals surface area contributed by atoms with Gasteiger partial charge in [-0.15, -0.1) is 15.3 Å². The van der Waals surface area contributed by atoms with Crippen LogP contribution in [0.1, 0.15) is 30.2 Å². The van der Waals surface area contributed by atoms with Crippen LogP contribution in [-0.2, 0) is 27.4 Å². The van der Waals surface area contributed by atoms with E-state index in [1.807, 2.05) is 6.92 Å². The van der Waals surface area contributed by atoms with Crippen LogP contribution in [-0.4, -0.2) is 74.5 Å². The minimum absolute atomic E-state index is 0.122. The topological polar surface area (TPSA) is 149 Å². The van der Waals surface area contributed by atoms with E-state index in [-0.39, 0.29) is 23.3 Å². The lowest BCUT2D eigenvalue weighted by atomic mass is 10.2. The first-order valence-corrected chi connectivity index (χ1v) is 13.0. The van der Waals surface area contributed by atoms with E-state index in [2.05, 4.69) is 30.2 Å². The number of benzene rings is 1. The predicted octanol–water partition coefficient (Wildman–Crippen LogP) is 1.87. The molecule has 3 aromatic heterocycles. The largest absolute Gasteiger partial charge is 0.494 e. The van der Waals surface area contributed by atoms with Gasteiger partial charge in [0.2, 0.25) is 11.6 Å². The molecule has 4 rings (SSSR count). The number of aromatic nitrogens is 8. The van der Waals surface area contributed by atoms with Crippen molar-refractivity contribution < 1.29 is 22.6 Å². The van der Waals surface area contributed by atoms with Crippen molar-refractivity contribution in [2.75, 3.05) is 21.3 Å². The van der Waals surface area contributed by atoms with E-state index in [0.29, 0.717) is 17.2 Å². The van der Waals surface area contributed by atoms with Crippen molar-refractivity contribution >= 4 is 9.84 Å². The number of hydrogen-bond acceptors (Lipinski definition) is 11. The van der Waals surface area contributed by atoms with Gasteiger partial charge in [-0.2, -0.15) is 0 Å². The average Bonchev–Trinajstić information content (AvgIpc) is 3.50. The highest BCUT2D eigenvalue weighted by atomic mass is 32.2. The first-order chi connectivity index (χ1) is 17.7. The van der Waals surface area contributed by atoms with E-state index >= 15 is 0 Å². The Balaban J connectivity index is 1.82. The van der Waals surface area contributed by atoms with E-state index < -0.39 is 26.9 Å². The maximum Gasteiger partial charge on any atom is 0.219 e. The molecule has 0 aliphatic heterocycles. The zero-order valence-corrected chi connectivity index (χ0v) is 22.2. The average molecular weight is 529 g/mol. The third-order valence-electron chi connectivity index (χ3n) is 5.79. The molecule has 0 saturated heterocycles. The van der Waals surface area contributed by atoms with Crippen LogP contribution in [0.4, 0.5) is 0 Å². The minimum atomic E-state index is -3.87. The molecule has 0 amide bonds. The normalized spacial score (nSPS) is 13.4. The maximum absolute atomic E-state index is 13.7. The molecule has 13 nitrogen and oxygen atoms in total. The zero-order valence-electron chi connectivity index (χ0n) is 21.4. The smallest absolute Gasteiger partial charge is 0.219 e. The number of aryl methyl sites for hydroxylation is 2. The Labute approximate surface area is 214 Å². The molecule has 14 heteroatoms. The van der Waals surface area contributed by atoms with Crippen LogP contribution in [0.25, 0.3) is 17.3 Å². The molecule has 0 aliphatic rings. The van der Waals surface area contributed by atoms with Gasteiger partial charge in [0.15, 0.2) is 21.5 Å². The molecule has 3 heterocycles. The van der Waals surface area contributed by atoms with Gasteiger partial charge in [0.05, 0.1) is 19.5 Å². The van der Waals surface area contributed by atoms with Crippen molar-refractivity contribution in [1.82, 2.24) is 39.5 Å². The Bertz CT molecular complexity index is 1460. The van der Waals surface area contributed by atoms with Gasteiger partial charge < -0.3 is 14.2 Å². The highest BCUT2D eigenvalue weighted by Gasteiger charge is 2.35. The molecule has 0 bridgehead atoms. The summed E-state index contributed by atoms with van der Waals surface area (Å²) in [6.45, 7) is 3.40. The molecule has 0 saturated carbocycles. The molecule has 2 atom stereocenters. The number of sulfone groups is 1. The summed E-state index contributed by atoms with van der Waals surface area (Å²) in [6, 6.07) is 5.21. The fraction of sp³-hybridized carbons (Fsp3) is 0.391. The van der Waals surface area contributed by atoms with E-state index in [4.69, 9.17) is 14.2 Å². The number of hydrogen-bond donors (Lipinski definition) is 0. The lowest BCUT2D eigenvalue weighted by Gasteiger charge is -2.22. The Kier molecular flexibility index (Phi) is 7.50. The summed E-state index contributed by atoms with van der Waals surface area (Å²) in [5.41, 5.74) is 1.27. The molecule has 0 aliphatic carbocycles. The van der Waals surface area contributed by atoms with Gasteiger partial charge in [-0.3, -0.25) is 9.25 Å². The van der Waals surface area contributed by atoms with Gasteiger partial charge in [0.25, 0.3) is 0 Å². The highest BCUT2D eigenvalue weighted by molar-refractivity contribution is 7.91. The van der Waals surface area contributed by atoms with Gasteiger partial charge in [-0.05, 0) is 31.5 Å². The molecule has 37 heavy (non-hydrogen) atoms. The summed E-state index contributed by atoms with van der Waals surface area (Å²) in [4.78, 5) is 12.8. The first-order valence-electron chi connectivity index (χ1n) is 11.2. The Hall–Kier alpha value is -3.91. The monoisotopic (exact) mass is 528 g/mol. The Morgan fingerprint density at radius 3 is 2.19 bits per heavy atom. The molecule has 4 aromatic rings. The molecule has 0 N–H and O–H groups in total. The van der Waals surface area contributed by atoms with E-state index in [0.717, 1.165) is 5.56 Å². The van der Waals surface area contributed by atoms with Gasteiger partial charge >= 0.3 is 0 Å². The molecular formula is C23H28N8O5S. The van der Waals surface area contributed by atoms with Crippen LogP contribution >= 0.6 is 0 Å². The second-order valence-corrected chi connectivity index (χ2v) is 10.7. The fourth-order valence-electron chi connectivity index (χ4n) is 3.84. The van der Waals surface area contributed by atoms with Crippen molar-refractivity contribution in [3.05, 3.63) is 54.1 Å². The van der Waals surface area contributed by atoms with Crippen LogP contribution in [0.5, 0.6) is 11.5 Å². The van der Waals surface area contributed by atoms with Crippen molar-refractivity contribution in [1.29, 1.82) is 0 Å². The van der Waals surface area contributed by atoms with Crippen molar-refractivity contribution in [2.45, 2.75) is 31.0 Å². The zero-order chi connectivity index (χ0) is 26.7. The number of nitrogens with zero attached hydrogens (tertiary/aromatic N) is 8. The third-order valence-corrected chi connectivity index (χ3v) is 7.83. The van der Waals surface area contributed by atoms with Gasteiger partial charge in [0.1, 0.15) is 35.4 Å². The van der Waals surface area contributed by atoms with Gasteiger partial charge in [-0.1, -0.05) is 6.07 Å². The van der Waals surface area contributed by atoms with Crippen LogP contribution in [0.3, 0.4) is 0 Å². The number of para-hydroxylation sites is 1. The maximum atomic E-state index is 13.7. The van der Waals surface area contributed by atoms with Crippen molar-refractivity contribution in [2.24, 2.45) is 7.05 Å². The lowest BCUT2D eigenvalue weighted by Crippen LogP contribution is -2.30. The molecular weight excluding hydrogens is 500 g/mol. The van der Waals surface area contributed by atoms with Crippen LogP contribution in [0, 0.1) is 6.92 Å². The standard InChI is InChI=1S/C23H28N8O5S/c1-14-10-24-21(25-11-14)20(36-6)15(2)37(32,33)12-18-27-28-23(22-26-13-30(3)29-22)31(18)19-16(34-4)8-7-9-17(19)35-5/h7-11,13,15,20H,12H2,1-6H3/t15-,20-/m0/s1. The van der Waals surface area contributed by atoms with Crippen molar-refractivity contribution in [3.63, 3.8) is 0 Å². The first kappa shape index (κ1) is 26.2. The molecule has 1 aromatic carbocycles. The van der Waals surface area contributed by atoms with Crippen LogP contribution < -0.4 is 9.47 Å². The summed E-state index contributed by atoms with van der Waals surface area (Å²) < 4.78 is 47.1. The molecule has 0 fully saturated rings. The Morgan fingerprint density at radius 1 is 1.00 bits per heavy atom. The second-order valence-electron chi connectivity index (χ2n) is 8.32. The van der Waals surface area contributed by atoms with Gasteiger partial charge in [0, 0.05) is 26.6 Å². The SMILES string of the molecule is COc1cccc(OC)c1-n1c(CS(=O)(=O)[C@@H](C)[C@H](OC)c2ncc(C)cn2)nnc1-c1ncn(C)n1. The molecule has 196 valence electrons. The quantitative estimate of drug-likeness (QED) is 0.297. The molecule has 0 spiro atoms. The second kappa shape index (κ2) is 10.6. The van der Waals surface area contributed by atoms with Gasteiger partial charge in [-0.25, -0.2) is 23.4 Å². The molecule has 0 radical (unpaired) electrons. The predicted molar refractivity (Wildman–Crippen MR) is 133 cm³/mol. The van der Waals surface area contributed by atoms with Crippen molar-refractivity contribution in [3.8, 4) is 28.8 Å². The fourth-order valence-corrected chi connectivity index (χ4v) is 5.26. The summed E-state index contributed by atoms with van der Waals surface area (Å²) >= 11 is 0. The van der Waals surface area contributed by atoms with Crippen LogP contribution in [0.2, 0.25) is 0 Å². The van der Waals surface area contributed by atoms with E-state index in [1.54, 1.807) is 49.1 Å². The number of rotatable bonds is 10. The lowest BCUT2D eigenvalue weighted by molar-refractivity contribution is 0.0947. The molecule has 0 unspecified atom stereocenters. The Morgan fingerprint density at radius 2 is 1.65 bits per heavy atom. The van der Waals surface area contributed by atoms with E-state index in [9.17, 15) is 8.42 Å². The van der Waals surface area contributed by atoms with E-state index in [1.165, 1.54) is 32.3 Å². The summed E-state index contributed by atoms with van der Waals surface area (Å²) in [5, 5.41) is 11.8. The van der Waals surface area contributed by atoms with Crippen LogP contribution in [0.15, 0.2) is 36.9 Å². The summed E-state index contributed by atoms with van der Waals surface area (Å²) in [7, 11) is 2.27.